The van der Waals surface area contributed by atoms with Crippen molar-refractivity contribution < 1.29 is 14.0 Å². The van der Waals surface area contributed by atoms with Crippen LogP contribution in [0.5, 0.6) is 0 Å². The summed E-state index contributed by atoms with van der Waals surface area (Å²) in [6.07, 6.45) is 0.217. The normalized spacial score (nSPS) is 13.3. The molecule has 0 spiro atoms. The molecule has 2 heterocycles. The van der Waals surface area contributed by atoms with Gasteiger partial charge in [0.1, 0.15) is 11.7 Å². The lowest BCUT2D eigenvalue weighted by Crippen LogP contribution is -2.50. The third-order valence-electron chi connectivity index (χ3n) is 5.24. The maximum atomic E-state index is 13.1. The van der Waals surface area contributed by atoms with E-state index in [1.807, 2.05) is 45.0 Å². The van der Waals surface area contributed by atoms with Gasteiger partial charge >= 0.3 is 0 Å². The molecule has 0 aliphatic carbocycles. The van der Waals surface area contributed by atoms with Crippen molar-refractivity contribution in [3.63, 3.8) is 0 Å². The van der Waals surface area contributed by atoms with Crippen molar-refractivity contribution in [1.82, 2.24) is 30.6 Å². The highest BCUT2D eigenvalue weighted by molar-refractivity contribution is 7.80. The zero-order valence-electron chi connectivity index (χ0n) is 20.3. The molecular weight excluding hydrogens is 468 g/mol. The fourth-order valence-corrected chi connectivity index (χ4v) is 3.43. The molecule has 2 amide bonds. The van der Waals surface area contributed by atoms with Crippen LogP contribution in [0.15, 0.2) is 34.7 Å². The number of carbonyl (C=O) groups excluding carboxylic acids is 2. The van der Waals surface area contributed by atoms with Crippen LogP contribution in [0.2, 0.25) is 0 Å². The topological polar surface area (TPSA) is 167 Å². The summed E-state index contributed by atoms with van der Waals surface area (Å²) in [4.78, 5) is 26.1. The Morgan fingerprint density at radius 3 is 2.57 bits per heavy atom. The van der Waals surface area contributed by atoms with Gasteiger partial charge in [-0.05, 0) is 23.8 Å². The third-order valence-corrected chi connectivity index (χ3v) is 5.43. The monoisotopic (exact) mass is 500 g/mol. The highest BCUT2D eigenvalue weighted by Crippen LogP contribution is 2.22. The number of nitrogens with two attached hydrogens (primary N) is 2. The average Bonchev–Trinajstić information content (AvgIpc) is 3.44. The first-order valence-electron chi connectivity index (χ1n) is 11.2. The summed E-state index contributed by atoms with van der Waals surface area (Å²) in [6, 6.07) is 8.16. The molecule has 0 saturated carbocycles. The van der Waals surface area contributed by atoms with E-state index < -0.39 is 17.3 Å². The molecule has 0 aliphatic rings. The largest absolute Gasteiger partial charge is 0.419 e. The second-order valence-electron chi connectivity index (χ2n) is 9.24. The SMILES string of the molecule is Cn1nc(C(C)(C)C)cc1C(=O)N[C@@H](Cc1cccc(-c2nnc(CN)o2)c1)C(=O)NCC(N)S. The predicted molar refractivity (Wildman–Crippen MR) is 134 cm³/mol. The van der Waals surface area contributed by atoms with Crippen molar-refractivity contribution in [3.05, 3.63) is 53.2 Å². The fourth-order valence-electron chi connectivity index (χ4n) is 3.34. The van der Waals surface area contributed by atoms with Gasteiger partial charge in [-0.1, -0.05) is 32.9 Å². The highest BCUT2D eigenvalue weighted by atomic mass is 32.1. The quantitative estimate of drug-likeness (QED) is 0.213. The third kappa shape index (κ3) is 6.90. The molecule has 0 radical (unpaired) electrons. The van der Waals surface area contributed by atoms with Crippen LogP contribution >= 0.6 is 12.6 Å². The summed E-state index contributed by atoms with van der Waals surface area (Å²) in [5, 5.41) is 17.4. The molecule has 1 aromatic carbocycles. The number of hydrogen-bond donors (Lipinski definition) is 5. The molecule has 0 bridgehead atoms. The number of hydrogen-bond acceptors (Lipinski definition) is 9. The smallest absolute Gasteiger partial charge is 0.270 e. The van der Waals surface area contributed by atoms with E-state index >= 15 is 0 Å². The molecular formula is C23H32N8O3S. The van der Waals surface area contributed by atoms with Crippen molar-refractivity contribution in [2.45, 2.75) is 50.6 Å². The van der Waals surface area contributed by atoms with E-state index in [-0.39, 0.29) is 30.8 Å². The number of carbonyl (C=O) groups is 2. The van der Waals surface area contributed by atoms with Crippen molar-refractivity contribution in [2.24, 2.45) is 18.5 Å². The zero-order valence-corrected chi connectivity index (χ0v) is 21.2. The lowest BCUT2D eigenvalue weighted by atomic mass is 9.92. The Bertz CT molecular complexity index is 1180. The molecule has 188 valence electrons. The molecule has 0 saturated heterocycles. The number of benzene rings is 1. The molecule has 6 N–H and O–H groups in total. The van der Waals surface area contributed by atoms with E-state index in [0.717, 1.165) is 11.3 Å². The van der Waals surface area contributed by atoms with Crippen molar-refractivity contribution >= 4 is 24.4 Å². The molecule has 2 aromatic heterocycles. The molecule has 0 fully saturated rings. The zero-order chi connectivity index (χ0) is 25.8. The Morgan fingerprint density at radius 1 is 1.23 bits per heavy atom. The Hall–Kier alpha value is -3.22. The molecule has 3 aromatic rings. The van der Waals surface area contributed by atoms with E-state index in [4.69, 9.17) is 15.9 Å². The van der Waals surface area contributed by atoms with Crippen LogP contribution < -0.4 is 22.1 Å². The number of aryl methyl sites for hydroxylation is 1. The van der Waals surface area contributed by atoms with Crippen LogP contribution in [0, 0.1) is 0 Å². The molecule has 0 aliphatic heterocycles. The average molecular weight is 501 g/mol. The highest BCUT2D eigenvalue weighted by Gasteiger charge is 2.26. The van der Waals surface area contributed by atoms with E-state index in [2.05, 4.69) is 38.6 Å². The summed E-state index contributed by atoms with van der Waals surface area (Å²) < 4.78 is 7.04. The summed E-state index contributed by atoms with van der Waals surface area (Å²) >= 11 is 4.11. The summed E-state index contributed by atoms with van der Waals surface area (Å²) in [5.41, 5.74) is 13.6. The van der Waals surface area contributed by atoms with Gasteiger partial charge in [0, 0.05) is 31.0 Å². The van der Waals surface area contributed by atoms with Gasteiger partial charge in [0.25, 0.3) is 5.91 Å². The molecule has 1 unspecified atom stereocenters. The van der Waals surface area contributed by atoms with Gasteiger partial charge in [-0.15, -0.1) is 10.2 Å². The van der Waals surface area contributed by atoms with E-state index in [1.54, 1.807) is 13.1 Å². The molecule has 2 atom stereocenters. The first-order valence-corrected chi connectivity index (χ1v) is 11.7. The standard InChI is InChI=1S/C23H32N8O3S/c1-23(2,3)17-10-16(31(4)30-17)21(33)27-15(20(32)26-12-18(25)35)9-13-6-5-7-14(8-13)22-29-28-19(11-24)34-22/h5-8,10,15,18,35H,9,11-12,24-25H2,1-4H3,(H,26,32)(H,27,33)/t15-,18?/m0/s1. The first-order chi connectivity index (χ1) is 16.5. The van der Waals surface area contributed by atoms with Crippen molar-refractivity contribution in [2.75, 3.05) is 6.54 Å². The van der Waals surface area contributed by atoms with Gasteiger partial charge in [-0.2, -0.15) is 17.7 Å². The molecule has 12 heteroatoms. The first kappa shape index (κ1) is 26.4. The van der Waals surface area contributed by atoms with Crippen LogP contribution in [0.25, 0.3) is 11.5 Å². The van der Waals surface area contributed by atoms with Crippen LogP contribution in [-0.4, -0.2) is 49.8 Å². The summed E-state index contributed by atoms with van der Waals surface area (Å²) in [5.74, 6) is -0.145. The van der Waals surface area contributed by atoms with Crippen LogP contribution in [-0.2, 0) is 30.2 Å². The second-order valence-corrected chi connectivity index (χ2v) is 9.90. The van der Waals surface area contributed by atoms with Gasteiger partial charge in [-0.3, -0.25) is 14.3 Å². The van der Waals surface area contributed by atoms with Gasteiger partial charge in [0.05, 0.1) is 17.6 Å². The summed E-state index contributed by atoms with van der Waals surface area (Å²) in [7, 11) is 1.70. The number of rotatable bonds is 9. The maximum absolute atomic E-state index is 13.1. The summed E-state index contributed by atoms with van der Waals surface area (Å²) in [6.45, 7) is 6.33. The Labute approximate surface area is 209 Å². The van der Waals surface area contributed by atoms with Crippen molar-refractivity contribution in [1.29, 1.82) is 0 Å². The molecule has 35 heavy (non-hydrogen) atoms. The Kier molecular flexibility index (Phi) is 8.30. The lowest BCUT2D eigenvalue weighted by molar-refractivity contribution is -0.122. The van der Waals surface area contributed by atoms with Crippen LogP contribution in [0.4, 0.5) is 0 Å². The number of aromatic nitrogens is 4. The lowest BCUT2D eigenvalue weighted by Gasteiger charge is -2.19. The number of amides is 2. The van der Waals surface area contributed by atoms with Crippen LogP contribution in [0.3, 0.4) is 0 Å². The fraction of sp³-hybridized carbons (Fsp3) is 0.435. The minimum Gasteiger partial charge on any atom is -0.419 e. The van der Waals surface area contributed by atoms with Gasteiger partial charge in [0.15, 0.2) is 0 Å². The predicted octanol–water partition coefficient (Wildman–Crippen LogP) is 0.898. The van der Waals surface area contributed by atoms with Gasteiger partial charge in [0.2, 0.25) is 17.7 Å². The Balaban J connectivity index is 1.84. The van der Waals surface area contributed by atoms with Crippen LogP contribution in [0.1, 0.15) is 48.4 Å². The van der Waals surface area contributed by atoms with Crippen molar-refractivity contribution in [3.8, 4) is 11.5 Å². The number of nitrogens with one attached hydrogen (secondary N) is 2. The second kappa shape index (κ2) is 11.0. The van der Waals surface area contributed by atoms with Gasteiger partial charge < -0.3 is 26.5 Å². The van der Waals surface area contributed by atoms with E-state index in [1.165, 1.54) is 4.68 Å². The van der Waals surface area contributed by atoms with Gasteiger partial charge in [-0.25, -0.2) is 0 Å². The minimum absolute atomic E-state index is 0.138. The number of thiol groups is 1. The number of nitrogens with zero attached hydrogens (tertiary/aromatic N) is 4. The maximum Gasteiger partial charge on any atom is 0.270 e. The van der Waals surface area contributed by atoms with E-state index in [0.29, 0.717) is 23.0 Å². The van der Waals surface area contributed by atoms with E-state index in [9.17, 15) is 9.59 Å². The molecule has 11 nitrogen and oxygen atoms in total. The minimum atomic E-state index is -0.875. The molecule has 3 rings (SSSR count). The Morgan fingerprint density at radius 2 is 1.97 bits per heavy atom.